The first-order chi connectivity index (χ1) is 13.7. The molecule has 6 heteroatoms. The Balaban J connectivity index is 1.52. The van der Waals surface area contributed by atoms with Gasteiger partial charge < -0.3 is 14.6 Å². The van der Waals surface area contributed by atoms with E-state index in [4.69, 9.17) is 4.74 Å². The third-order valence-electron chi connectivity index (χ3n) is 5.53. The first kappa shape index (κ1) is 18.5. The maximum absolute atomic E-state index is 9.43. The highest BCUT2D eigenvalue weighted by molar-refractivity contribution is 5.84. The fraction of sp³-hybridized carbons (Fsp3) is 0.409. The van der Waals surface area contributed by atoms with Gasteiger partial charge in [0.05, 0.1) is 24.1 Å². The fourth-order valence-electron chi connectivity index (χ4n) is 3.83. The Labute approximate surface area is 165 Å². The molecule has 1 aliphatic heterocycles. The molecule has 0 radical (unpaired) electrons. The molecule has 0 spiro atoms. The molecular formula is C22H25N5O. The molecule has 0 unspecified atom stereocenters. The van der Waals surface area contributed by atoms with E-state index >= 15 is 0 Å². The van der Waals surface area contributed by atoms with Crippen LogP contribution in [0.25, 0.3) is 22.3 Å². The number of hydrogen-bond acceptors (Lipinski definition) is 5. The van der Waals surface area contributed by atoms with E-state index in [9.17, 15) is 5.26 Å². The van der Waals surface area contributed by atoms with Crippen molar-refractivity contribution in [3.8, 4) is 23.1 Å². The van der Waals surface area contributed by atoms with Crippen LogP contribution in [0.1, 0.15) is 30.5 Å². The van der Waals surface area contributed by atoms with Crippen LogP contribution >= 0.6 is 0 Å². The molecule has 1 saturated heterocycles. The first-order valence-electron chi connectivity index (χ1n) is 9.82. The number of rotatable bonds is 5. The van der Waals surface area contributed by atoms with Crippen molar-refractivity contribution in [3.63, 3.8) is 0 Å². The molecule has 0 amide bonds. The van der Waals surface area contributed by atoms with Gasteiger partial charge in [-0.2, -0.15) is 5.26 Å². The molecule has 144 valence electrons. The zero-order valence-corrected chi connectivity index (χ0v) is 16.4. The van der Waals surface area contributed by atoms with Gasteiger partial charge in [0.25, 0.3) is 0 Å². The molecule has 4 rings (SSSR count). The van der Waals surface area contributed by atoms with E-state index in [1.807, 2.05) is 29.8 Å². The van der Waals surface area contributed by atoms with Crippen molar-refractivity contribution in [1.82, 2.24) is 19.9 Å². The summed E-state index contributed by atoms with van der Waals surface area (Å²) < 4.78 is 7.95. The zero-order valence-electron chi connectivity index (χ0n) is 16.4. The summed E-state index contributed by atoms with van der Waals surface area (Å²) in [5, 5.41) is 12.8. The van der Waals surface area contributed by atoms with Crippen LogP contribution in [0, 0.1) is 24.2 Å². The normalized spacial score (nSPS) is 14.9. The van der Waals surface area contributed by atoms with Gasteiger partial charge in [-0.3, -0.25) is 0 Å². The Morgan fingerprint density at radius 2 is 2.11 bits per heavy atom. The zero-order chi connectivity index (χ0) is 19.5. The highest BCUT2D eigenvalue weighted by Crippen LogP contribution is 2.28. The smallest absolute Gasteiger partial charge is 0.169 e. The van der Waals surface area contributed by atoms with Gasteiger partial charge in [-0.05, 0) is 75.0 Å². The summed E-state index contributed by atoms with van der Waals surface area (Å²) >= 11 is 0. The predicted octanol–water partition coefficient (Wildman–Crippen LogP) is 3.58. The van der Waals surface area contributed by atoms with Gasteiger partial charge in [0.1, 0.15) is 17.3 Å². The summed E-state index contributed by atoms with van der Waals surface area (Å²) in [6, 6.07) is 10.2. The van der Waals surface area contributed by atoms with E-state index in [0.717, 1.165) is 60.1 Å². The number of nitrogens with one attached hydrogen (secondary N) is 1. The van der Waals surface area contributed by atoms with Crippen LogP contribution in [0.3, 0.4) is 0 Å². The van der Waals surface area contributed by atoms with E-state index in [1.54, 1.807) is 6.33 Å². The minimum Gasteiger partial charge on any atom is -0.493 e. The van der Waals surface area contributed by atoms with Gasteiger partial charge in [-0.25, -0.2) is 9.97 Å². The Morgan fingerprint density at radius 3 is 2.86 bits per heavy atom. The molecule has 6 nitrogen and oxygen atoms in total. The number of piperidine rings is 1. The van der Waals surface area contributed by atoms with E-state index in [-0.39, 0.29) is 0 Å². The lowest BCUT2D eigenvalue weighted by Gasteiger charge is -2.22. The second kappa shape index (κ2) is 7.99. The van der Waals surface area contributed by atoms with E-state index < -0.39 is 0 Å². The summed E-state index contributed by atoms with van der Waals surface area (Å²) in [6.45, 7) is 5.05. The number of fused-ring (bicyclic) bond motifs is 1. The molecule has 0 bridgehead atoms. The van der Waals surface area contributed by atoms with Crippen molar-refractivity contribution >= 4 is 11.0 Å². The summed E-state index contributed by atoms with van der Waals surface area (Å²) in [5.74, 6) is 1.68. The molecule has 1 aliphatic rings. The van der Waals surface area contributed by atoms with Gasteiger partial charge in [-0.15, -0.1) is 0 Å². The highest BCUT2D eigenvalue weighted by atomic mass is 16.5. The summed E-state index contributed by atoms with van der Waals surface area (Å²) in [6.07, 6.45) is 5.30. The number of aromatic nitrogens is 3. The van der Waals surface area contributed by atoms with Crippen LogP contribution in [-0.4, -0.2) is 34.2 Å². The van der Waals surface area contributed by atoms with Gasteiger partial charge in [0, 0.05) is 12.6 Å². The molecule has 0 aliphatic carbocycles. The molecule has 28 heavy (non-hydrogen) atoms. The second-order valence-corrected chi connectivity index (χ2v) is 7.50. The van der Waals surface area contributed by atoms with Crippen LogP contribution in [-0.2, 0) is 7.05 Å². The maximum atomic E-state index is 9.43. The maximum Gasteiger partial charge on any atom is 0.169 e. The minimum atomic E-state index is 0.355. The van der Waals surface area contributed by atoms with Crippen LogP contribution < -0.4 is 10.1 Å². The number of hydrogen-bond donors (Lipinski definition) is 1. The molecule has 1 fully saturated rings. The topological polar surface area (TPSA) is 75.8 Å². The van der Waals surface area contributed by atoms with Crippen LogP contribution in [0.2, 0.25) is 0 Å². The Hall–Kier alpha value is -2.91. The van der Waals surface area contributed by atoms with E-state index in [0.29, 0.717) is 11.2 Å². The quantitative estimate of drug-likeness (QED) is 0.738. The summed E-state index contributed by atoms with van der Waals surface area (Å²) in [4.78, 5) is 8.80. The monoisotopic (exact) mass is 375 g/mol. The lowest BCUT2D eigenvalue weighted by atomic mass is 9.95. The highest BCUT2D eigenvalue weighted by Gasteiger charge is 2.14. The fourth-order valence-corrected chi connectivity index (χ4v) is 3.83. The van der Waals surface area contributed by atoms with Crippen molar-refractivity contribution in [2.75, 3.05) is 19.7 Å². The third kappa shape index (κ3) is 3.71. The number of ether oxygens (including phenoxy) is 1. The van der Waals surface area contributed by atoms with Gasteiger partial charge in [-0.1, -0.05) is 0 Å². The Morgan fingerprint density at radius 1 is 1.29 bits per heavy atom. The van der Waals surface area contributed by atoms with Gasteiger partial charge in [0.15, 0.2) is 5.69 Å². The Kier molecular flexibility index (Phi) is 5.27. The lowest BCUT2D eigenvalue weighted by molar-refractivity contribution is 0.251. The lowest BCUT2D eigenvalue weighted by Crippen LogP contribution is -2.28. The van der Waals surface area contributed by atoms with E-state index in [2.05, 4.69) is 34.3 Å². The van der Waals surface area contributed by atoms with Gasteiger partial charge in [0.2, 0.25) is 0 Å². The predicted molar refractivity (Wildman–Crippen MR) is 109 cm³/mol. The summed E-state index contributed by atoms with van der Waals surface area (Å²) in [7, 11) is 1.92. The molecule has 1 N–H and O–H groups in total. The van der Waals surface area contributed by atoms with Crippen molar-refractivity contribution in [1.29, 1.82) is 5.26 Å². The molecular weight excluding hydrogens is 350 g/mol. The average molecular weight is 375 g/mol. The number of pyridine rings is 1. The number of aryl methyl sites for hydroxylation is 2. The van der Waals surface area contributed by atoms with Crippen LogP contribution in [0.15, 0.2) is 30.6 Å². The standard InChI is InChI=1S/C22H25N5O/c1-15-11-17(3-4-21(15)28-10-7-16-5-8-24-9-6-16)18-12-20-22(19(13-23)26-18)25-14-27(20)2/h3-4,11-12,14,16,24H,5-10H2,1-2H3. The number of nitrogens with zero attached hydrogens (tertiary/aromatic N) is 4. The SMILES string of the molecule is Cc1cc(-c2cc3c(ncn3C)c(C#N)n2)ccc1OCCC1CCNCC1. The van der Waals surface area contributed by atoms with Gasteiger partial charge >= 0.3 is 0 Å². The molecule has 2 aromatic heterocycles. The molecule has 0 saturated carbocycles. The van der Waals surface area contributed by atoms with E-state index in [1.165, 1.54) is 12.8 Å². The Bertz CT molecular complexity index is 1030. The number of nitriles is 1. The third-order valence-corrected chi connectivity index (χ3v) is 5.53. The molecule has 1 aromatic carbocycles. The largest absolute Gasteiger partial charge is 0.493 e. The molecule has 3 heterocycles. The number of benzene rings is 1. The van der Waals surface area contributed by atoms with Crippen molar-refractivity contribution in [2.45, 2.75) is 26.2 Å². The minimum absolute atomic E-state index is 0.355. The summed E-state index contributed by atoms with van der Waals surface area (Å²) in [5.41, 5.74) is 4.73. The van der Waals surface area contributed by atoms with Crippen LogP contribution in [0.5, 0.6) is 5.75 Å². The van der Waals surface area contributed by atoms with Crippen LogP contribution in [0.4, 0.5) is 0 Å². The van der Waals surface area contributed by atoms with Crippen molar-refractivity contribution in [2.24, 2.45) is 13.0 Å². The average Bonchev–Trinajstić information content (AvgIpc) is 3.10. The van der Waals surface area contributed by atoms with Crippen molar-refractivity contribution < 1.29 is 4.74 Å². The molecule has 0 atom stereocenters. The number of imidazole rings is 1. The van der Waals surface area contributed by atoms with Crippen molar-refractivity contribution in [3.05, 3.63) is 41.9 Å². The molecule has 3 aromatic rings. The first-order valence-corrected chi connectivity index (χ1v) is 9.82. The second-order valence-electron chi connectivity index (χ2n) is 7.50.